The number of nitrogens with one attached hydrogen (secondary N) is 1. The summed E-state index contributed by atoms with van der Waals surface area (Å²) in [5.41, 5.74) is 2.72. The van der Waals surface area contributed by atoms with Gasteiger partial charge in [0, 0.05) is 29.7 Å². The number of carbonyl (C=O) groups excluding carboxylic acids is 1. The zero-order chi connectivity index (χ0) is 19.5. The van der Waals surface area contributed by atoms with Gasteiger partial charge < -0.3 is 10.1 Å². The highest BCUT2D eigenvalue weighted by Gasteiger charge is 2.29. The van der Waals surface area contributed by atoms with Crippen LogP contribution in [0, 0.1) is 0 Å². The van der Waals surface area contributed by atoms with Crippen LogP contribution in [0.5, 0.6) is 0 Å². The van der Waals surface area contributed by atoms with Crippen molar-refractivity contribution in [2.75, 3.05) is 25.0 Å². The first kappa shape index (κ1) is 18.9. The predicted octanol–water partition coefficient (Wildman–Crippen LogP) is 4.29. The SMILES string of the molecule is CC(C(=O)Nc1cccc2ncccc12)N1CCOC(c2ccc(Cl)cc2)C1. The Morgan fingerprint density at radius 1 is 1.21 bits per heavy atom. The summed E-state index contributed by atoms with van der Waals surface area (Å²) in [6, 6.07) is 17.0. The number of benzene rings is 2. The molecular weight excluding hydrogens is 374 g/mol. The van der Waals surface area contributed by atoms with Crippen LogP contribution >= 0.6 is 11.6 Å². The highest BCUT2D eigenvalue weighted by molar-refractivity contribution is 6.30. The number of pyridine rings is 1. The normalized spacial score (nSPS) is 18.7. The Balaban J connectivity index is 1.46. The minimum Gasteiger partial charge on any atom is -0.371 e. The molecule has 0 radical (unpaired) electrons. The van der Waals surface area contributed by atoms with Gasteiger partial charge in [0.05, 0.1) is 30.0 Å². The molecule has 0 bridgehead atoms. The van der Waals surface area contributed by atoms with Crippen LogP contribution in [0.4, 0.5) is 5.69 Å². The molecule has 1 fully saturated rings. The number of rotatable bonds is 4. The van der Waals surface area contributed by atoms with Crippen LogP contribution in [0.2, 0.25) is 5.02 Å². The Bertz CT molecular complexity index is 972. The number of carbonyl (C=O) groups is 1. The smallest absolute Gasteiger partial charge is 0.241 e. The van der Waals surface area contributed by atoms with E-state index in [9.17, 15) is 4.79 Å². The summed E-state index contributed by atoms with van der Waals surface area (Å²) < 4.78 is 5.92. The number of hydrogen-bond acceptors (Lipinski definition) is 4. The van der Waals surface area contributed by atoms with Crippen LogP contribution in [0.1, 0.15) is 18.6 Å². The number of amides is 1. The van der Waals surface area contributed by atoms with E-state index in [-0.39, 0.29) is 18.1 Å². The van der Waals surface area contributed by atoms with E-state index in [1.165, 1.54) is 0 Å². The first-order chi connectivity index (χ1) is 13.6. The van der Waals surface area contributed by atoms with Crippen molar-refractivity contribution >= 4 is 34.1 Å². The lowest BCUT2D eigenvalue weighted by Gasteiger charge is -2.36. The van der Waals surface area contributed by atoms with Crippen molar-refractivity contribution in [3.05, 3.63) is 71.4 Å². The molecular formula is C22H22ClN3O2. The fourth-order valence-electron chi connectivity index (χ4n) is 3.52. The summed E-state index contributed by atoms with van der Waals surface area (Å²) in [6.45, 7) is 3.90. The zero-order valence-corrected chi connectivity index (χ0v) is 16.4. The molecule has 1 aromatic heterocycles. The van der Waals surface area contributed by atoms with Gasteiger partial charge in [-0.2, -0.15) is 0 Å². The molecule has 4 rings (SSSR count). The number of anilines is 1. The molecule has 144 valence electrons. The highest BCUT2D eigenvalue weighted by atomic mass is 35.5. The Morgan fingerprint density at radius 2 is 2.04 bits per heavy atom. The van der Waals surface area contributed by atoms with Gasteiger partial charge in [-0.05, 0) is 48.9 Å². The molecule has 6 heteroatoms. The molecule has 1 aliphatic rings. The molecule has 2 aromatic carbocycles. The van der Waals surface area contributed by atoms with Crippen molar-refractivity contribution in [3.63, 3.8) is 0 Å². The maximum Gasteiger partial charge on any atom is 0.241 e. The summed E-state index contributed by atoms with van der Waals surface area (Å²) in [7, 11) is 0. The molecule has 1 saturated heterocycles. The van der Waals surface area contributed by atoms with Gasteiger partial charge in [-0.25, -0.2) is 0 Å². The van der Waals surface area contributed by atoms with E-state index in [1.54, 1.807) is 6.20 Å². The van der Waals surface area contributed by atoms with Crippen LogP contribution in [-0.4, -0.2) is 41.5 Å². The lowest BCUT2D eigenvalue weighted by atomic mass is 10.1. The first-order valence-electron chi connectivity index (χ1n) is 9.37. The van der Waals surface area contributed by atoms with Gasteiger partial charge in [-0.15, -0.1) is 0 Å². The molecule has 1 aliphatic heterocycles. The van der Waals surface area contributed by atoms with E-state index in [0.717, 1.165) is 28.7 Å². The lowest BCUT2D eigenvalue weighted by Crippen LogP contribution is -2.48. The van der Waals surface area contributed by atoms with Gasteiger partial charge in [-0.3, -0.25) is 14.7 Å². The van der Waals surface area contributed by atoms with Crippen molar-refractivity contribution in [2.24, 2.45) is 0 Å². The van der Waals surface area contributed by atoms with Crippen LogP contribution in [0.15, 0.2) is 60.8 Å². The van der Waals surface area contributed by atoms with Gasteiger partial charge in [0.2, 0.25) is 5.91 Å². The standard InChI is InChI=1S/C22H22ClN3O2/c1-15(22(27)25-20-6-2-5-19-18(20)4-3-11-24-19)26-12-13-28-21(14-26)16-7-9-17(23)10-8-16/h2-11,15,21H,12-14H2,1H3,(H,25,27). The second kappa shape index (κ2) is 8.27. The number of hydrogen-bond donors (Lipinski definition) is 1. The number of ether oxygens (including phenoxy) is 1. The van der Waals surface area contributed by atoms with Crippen LogP contribution in [-0.2, 0) is 9.53 Å². The fraction of sp³-hybridized carbons (Fsp3) is 0.273. The number of morpholine rings is 1. The fourth-order valence-corrected chi connectivity index (χ4v) is 3.64. The second-order valence-corrected chi connectivity index (χ2v) is 7.38. The molecule has 2 unspecified atom stereocenters. The van der Waals surface area contributed by atoms with Crippen molar-refractivity contribution in [1.82, 2.24) is 9.88 Å². The van der Waals surface area contributed by atoms with Gasteiger partial charge in [0.15, 0.2) is 0 Å². The summed E-state index contributed by atoms with van der Waals surface area (Å²) >= 11 is 5.98. The van der Waals surface area contributed by atoms with E-state index in [0.29, 0.717) is 18.2 Å². The number of nitrogens with zero attached hydrogens (tertiary/aromatic N) is 2. The summed E-state index contributed by atoms with van der Waals surface area (Å²) in [5, 5.41) is 4.70. The lowest BCUT2D eigenvalue weighted by molar-refractivity contribution is -0.124. The van der Waals surface area contributed by atoms with Crippen molar-refractivity contribution in [3.8, 4) is 0 Å². The Labute approximate surface area is 169 Å². The maximum atomic E-state index is 12.9. The number of fused-ring (bicyclic) bond motifs is 1. The van der Waals surface area contributed by atoms with E-state index >= 15 is 0 Å². The quantitative estimate of drug-likeness (QED) is 0.716. The summed E-state index contributed by atoms with van der Waals surface area (Å²) in [4.78, 5) is 19.4. The molecule has 0 aliphatic carbocycles. The molecule has 2 heterocycles. The minimum absolute atomic E-state index is 0.0342. The molecule has 1 N–H and O–H groups in total. The van der Waals surface area contributed by atoms with E-state index in [4.69, 9.17) is 16.3 Å². The van der Waals surface area contributed by atoms with E-state index in [2.05, 4.69) is 15.2 Å². The first-order valence-corrected chi connectivity index (χ1v) is 9.75. The third kappa shape index (κ3) is 4.02. The van der Waals surface area contributed by atoms with Crippen LogP contribution in [0.25, 0.3) is 10.9 Å². The molecule has 3 aromatic rings. The van der Waals surface area contributed by atoms with Gasteiger partial charge in [-0.1, -0.05) is 29.8 Å². The number of halogens is 1. The minimum atomic E-state index is -0.273. The van der Waals surface area contributed by atoms with Gasteiger partial charge in [0.1, 0.15) is 0 Å². The number of aromatic nitrogens is 1. The Kier molecular flexibility index (Phi) is 5.57. The molecule has 0 spiro atoms. The molecule has 0 saturated carbocycles. The highest BCUT2D eigenvalue weighted by Crippen LogP contribution is 2.26. The van der Waals surface area contributed by atoms with Crippen LogP contribution < -0.4 is 5.32 Å². The maximum absolute atomic E-state index is 12.9. The molecule has 1 amide bonds. The zero-order valence-electron chi connectivity index (χ0n) is 15.6. The molecule has 5 nitrogen and oxygen atoms in total. The monoisotopic (exact) mass is 395 g/mol. The second-order valence-electron chi connectivity index (χ2n) is 6.95. The Morgan fingerprint density at radius 3 is 2.86 bits per heavy atom. The van der Waals surface area contributed by atoms with E-state index in [1.807, 2.05) is 61.5 Å². The average Bonchev–Trinajstić information content (AvgIpc) is 2.74. The molecule has 2 atom stereocenters. The van der Waals surface area contributed by atoms with E-state index < -0.39 is 0 Å². The summed E-state index contributed by atoms with van der Waals surface area (Å²) in [6.07, 6.45) is 1.68. The van der Waals surface area contributed by atoms with Crippen molar-refractivity contribution in [2.45, 2.75) is 19.1 Å². The predicted molar refractivity (Wildman–Crippen MR) is 112 cm³/mol. The topological polar surface area (TPSA) is 54.5 Å². The summed E-state index contributed by atoms with van der Waals surface area (Å²) in [5.74, 6) is -0.0342. The van der Waals surface area contributed by atoms with Crippen LogP contribution in [0.3, 0.4) is 0 Å². The molecule has 28 heavy (non-hydrogen) atoms. The Hall–Kier alpha value is -2.47. The third-order valence-corrected chi connectivity index (χ3v) is 5.42. The van der Waals surface area contributed by atoms with Gasteiger partial charge in [0.25, 0.3) is 0 Å². The van der Waals surface area contributed by atoms with Crippen molar-refractivity contribution < 1.29 is 9.53 Å². The van der Waals surface area contributed by atoms with Gasteiger partial charge >= 0.3 is 0 Å². The third-order valence-electron chi connectivity index (χ3n) is 5.17. The van der Waals surface area contributed by atoms with Crippen molar-refractivity contribution in [1.29, 1.82) is 0 Å². The largest absolute Gasteiger partial charge is 0.371 e. The average molecular weight is 396 g/mol.